The van der Waals surface area contributed by atoms with E-state index in [9.17, 15) is 9.59 Å². The summed E-state index contributed by atoms with van der Waals surface area (Å²) >= 11 is 0. The number of hydrogen-bond donors (Lipinski definition) is 1. The molecule has 27 heavy (non-hydrogen) atoms. The van der Waals surface area contributed by atoms with E-state index in [-0.39, 0.29) is 11.6 Å². The van der Waals surface area contributed by atoms with Crippen molar-refractivity contribution < 1.29 is 14.7 Å². The average molecular weight is 370 g/mol. The van der Waals surface area contributed by atoms with Gasteiger partial charge in [0.2, 0.25) is 0 Å². The number of amides is 1. The van der Waals surface area contributed by atoms with Gasteiger partial charge >= 0.3 is 12.0 Å². The van der Waals surface area contributed by atoms with Gasteiger partial charge in [-0.25, -0.2) is 9.59 Å². The SMILES string of the molecule is CC.CC.CCN(C(=O)n1nnc2ccccc21)c1ccc(C(=O)O)cc1. The highest BCUT2D eigenvalue weighted by Gasteiger charge is 2.19. The molecule has 0 saturated carbocycles. The number of anilines is 1. The fraction of sp³-hybridized carbons (Fsp3) is 0.300. The van der Waals surface area contributed by atoms with Gasteiger partial charge in [-0.05, 0) is 43.3 Å². The third-order valence-electron chi connectivity index (χ3n) is 3.51. The summed E-state index contributed by atoms with van der Waals surface area (Å²) in [6.45, 7) is 10.3. The van der Waals surface area contributed by atoms with Crippen LogP contribution in [0.4, 0.5) is 10.5 Å². The Bertz CT molecular complexity index is 872. The van der Waals surface area contributed by atoms with Gasteiger partial charge in [-0.15, -0.1) is 5.10 Å². The van der Waals surface area contributed by atoms with Crippen LogP contribution in [-0.2, 0) is 0 Å². The summed E-state index contributed by atoms with van der Waals surface area (Å²) in [6.07, 6.45) is 0. The van der Waals surface area contributed by atoms with Crippen molar-refractivity contribution in [3.05, 3.63) is 54.1 Å². The van der Waals surface area contributed by atoms with E-state index in [0.29, 0.717) is 23.3 Å². The lowest BCUT2D eigenvalue weighted by atomic mass is 10.2. The van der Waals surface area contributed by atoms with Crippen molar-refractivity contribution in [2.45, 2.75) is 34.6 Å². The molecule has 1 heterocycles. The molecule has 0 saturated heterocycles. The highest BCUT2D eigenvalue weighted by molar-refractivity contribution is 5.98. The fourth-order valence-corrected chi connectivity index (χ4v) is 2.34. The van der Waals surface area contributed by atoms with Crippen LogP contribution in [0.5, 0.6) is 0 Å². The number of benzene rings is 2. The van der Waals surface area contributed by atoms with Crippen LogP contribution < -0.4 is 4.90 Å². The van der Waals surface area contributed by atoms with E-state index in [1.165, 1.54) is 21.7 Å². The molecule has 0 aliphatic carbocycles. The third-order valence-corrected chi connectivity index (χ3v) is 3.51. The molecule has 144 valence electrons. The molecular formula is C20H26N4O3. The highest BCUT2D eigenvalue weighted by atomic mass is 16.4. The summed E-state index contributed by atoms with van der Waals surface area (Å²) < 4.78 is 1.24. The summed E-state index contributed by atoms with van der Waals surface area (Å²) in [6, 6.07) is 13.0. The maximum Gasteiger partial charge on any atom is 0.351 e. The van der Waals surface area contributed by atoms with Gasteiger partial charge in [0.05, 0.1) is 11.1 Å². The maximum absolute atomic E-state index is 12.7. The van der Waals surface area contributed by atoms with E-state index in [1.54, 1.807) is 24.3 Å². The Balaban J connectivity index is 0.000000855. The number of carboxylic acids is 1. The standard InChI is InChI=1S/C16H14N4O3.2C2H6/c1-2-19(12-9-7-11(8-10-12)15(21)22)16(23)20-14-6-4-3-5-13(14)17-18-20;2*1-2/h3-10H,2H2,1H3,(H,21,22);2*1-2H3. The minimum absolute atomic E-state index is 0.170. The largest absolute Gasteiger partial charge is 0.478 e. The van der Waals surface area contributed by atoms with Crippen LogP contribution in [0.2, 0.25) is 0 Å². The van der Waals surface area contributed by atoms with Gasteiger partial charge in [0.1, 0.15) is 5.52 Å². The first-order chi connectivity index (χ1) is 13.1. The first-order valence-electron chi connectivity index (χ1n) is 9.07. The summed E-state index contributed by atoms with van der Waals surface area (Å²) in [4.78, 5) is 25.2. The van der Waals surface area contributed by atoms with Crippen molar-refractivity contribution in [1.82, 2.24) is 15.0 Å². The summed E-state index contributed by atoms with van der Waals surface area (Å²) in [5.74, 6) is -1.01. The van der Waals surface area contributed by atoms with Gasteiger partial charge in [-0.2, -0.15) is 4.68 Å². The van der Waals surface area contributed by atoms with Crippen molar-refractivity contribution >= 4 is 28.7 Å². The summed E-state index contributed by atoms with van der Waals surface area (Å²) in [5.41, 5.74) is 2.03. The van der Waals surface area contributed by atoms with Crippen LogP contribution in [0, 0.1) is 0 Å². The normalized spacial score (nSPS) is 9.52. The van der Waals surface area contributed by atoms with E-state index < -0.39 is 5.97 Å². The van der Waals surface area contributed by atoms with Crippen molar-refractivity contribution in [2.75, 3.05) is 11.4 Å². The highest BCUT2D eigenvalue weighted by Crippen LogP contribution is 2.18. The van der Waals surface area contributed by atoms with Crippen LogP contribution in [0.1, 0.15) is 45.0 Å². The average Bonchev–Trinajstić information content (AvgIpc) is 3.16. The number of carbonyl (C=O) groups excluding carboxylic acids is 1. The summed E-state index contributed by atoms with van der Waals surface area (Å²) in [5, 5.41) is 16.8. The molecule has 0 unspecified atom stereocenters. The van der Waals surface area contributed by atoms with E-state index in [4.69, 9.17) is 5.11 Å². The van der Waals surface area contributed by atoms with Gasteiger partial charge in [-0.3, -0.25) is 4.90 Å². The molecule has 0 radical (unpaired) electrons. The smallest absolute Gasteiger partial charge is 0.351 e. The van der Waals surface area contributed by atoms with Gasteiger partial charge in [0.15, 0.2) is 0 Å². The van der Waals surface area contributed by atoms with Crippen LogP contribution in [-0.4, -0.2) is 38.6 Å². The van der Waals surface area contributed by atoms with Gasteiger partial charge in [-0.1, -0.05) is 45.0 Å². The molecule has 1 amide bonds. The number of rotatable bonds is 3. The van der Waals surface area contributed by atoms with Crippen LogP contribution in [0.3, 0.4) is 0 Å². The second-order valence-corrected chi connectivity index (χ2v) is 4.87. The molecule has 3 rings (SSSR count). The van der Waals surface area contributed by atoms with Crippen molar-refractivity contribution in [1.29, 1.82) is 0 Å². The van der Waals surface area contributed by atoms with E-state index >= 15 is 0 Å². The predicted octanol–water partition coefficient (Wildman–Crippen LogP) is 4.68. The van der Waals surface area contributed by atoms with E-state index in [0.717, 1.165) is 0 Å². The van der Waals surface area contributed by atoms with Crippen LogP contribution in [0.15, 0.2) is 48.5 Å². The molecule has 7 heteroatoms. The number of carbonyl (C=O) groups is 2. The van der Waals surface area contributed by atoms with E-state index in [2.05, 4.69) is 10.3 Å². The maximum atomic E-state index is 12.7. The Kier molecular flexibility index (Phi) is 8.65. The molecule has 1 N–H and O–H groups in total. The number of para-hydroxylation sites is 1. The molecule has 0 aliphatic heterocycles. The van der Waals surface area contributed by atoms with Crippen molar-refractivity contribution in [3.63, 3.8) is 0 Å². The summed E-state index contributed by atoms with van der Waals surface area (Å²) in [7, 11) is 0. The Hall–Kier alpha value is -3.22. The molecule has 0 fully saturated rings. The lowest BCUT2D eigenvalue weighted by molar-refractivity contribution is 0.0697. The lowest BCUT2D eigenvalue weighted by Gasteiger charge is -2.20. The number of carboxylic acid groups (broad SMARTS) is 1. The molecule has 3 aromatic rings. The number of aromatic carboxylic acids is 1. The minimum atomic E-state index is -1.01. The quantitative estimate of drug-likeness (QED) is 0.723. The van der Waals surface area contributed by atoms with Gasteiger partial charge < -0.3 is 5.11 Å². The second kappa shape index (κ2) is 10.7. The Labute approximate surface area is 159 Å². The third kappa shape index (κ3) is 4.91. The molecular weight excluding hydrogens is 344 g/mol. The zero-order chi connectivity index (χ0) is 20.4. The molecule has 0 bridgehead atoms. The van der Waals surface area contributed by atoms with Gasteiger partial charge in [0, 0.05) is 12.2 Å². The molecule has 0 atom stereocenters. The number of nitrogens with zero attached hydrogens (tertiary/aromatic N) is 4. The zero-order valence-corrected chi connectivity index (χ0v) is 16.4. The predicted molar refractivity (Wildman–Crippen MR) is 107 cm³/mol. The first kappa shape index (κ1) is 21.8. The molecule has 0 aliphatic rings. The molecule has 1 aromatic heterocycles. The monoisotopic (exact) mass is 370 g/mol. The first-order valence-corrected chi connectivity index (χ1v) is 9.07. The Morgan fingerprint density at radius 1 is 1.00 bits per heavy atom. The fourth-order valence-electron chi connectivity index (χ4n) is 2.34. The van der Waals surface area contributed by atoms with E-state index in [1.807, 2.05) is 46.8 Å². The lowest BCUT2D eigenvalue weighted by Crippen LogP contribution is -2.35. The molecule has 2 aromatic carbocycles. The number of fused-ring (bicyclic) bond motifs is 1. The van der Waals surface area contributed by atoms with Crippen LogP contribution in [0.25, 0.3) is 11.0 Å². The zero-order valence-electron chi connectivity index (χ0n) is 16.4. The van der Waals surface area contributed by atoms with Crippen molar-refractivity contribution in [2.24, 2.45) is 0 Å². The molecule has 0 spiro atoms. The minimum Gasteiger partial charge on any atom is -0.478 e. The Morgan fingerprint density at radius 2 is 1.59 bits per heavy atom. The Morgan fingerprint density at radius 3 is 2.15 bits per heavy atom. The number of aromatic nitrogens is 3. The molecule has 7 nitrogen and oxygen atoms in total. The van der Waals surface area contributed by atoms with Gasteiger partial charge in [0.25, 0.3) is 0 Å². The topological polar surface area (TPSA) is 88.3 Å². The van der Waals surface area contributed by atoms with Crippen LogP contribution >= 0.6 is 0 Å². The van der Waals surface area contributed by atoms with Crippen molar-refractivity contribution in [3.8, 4) is 0 Å². The second-order valence-electron chi connectivity index (χ2n) is 4.87. The number of hydrogen-bond acceptors (Lipinski definition) is 4.